The number of hydrogen-bond donors (Lipinski definition) is 2. The number of carbonyl (C=O) groups is 3. The van der Waals surface area contributed by atoms with E-state index in [-0.39, 0.29) is 11.5 Å². The van der Waals surface area contributed by atoms with Crippen molar-refractivity contribution in [2.45, 2.75) is 31.6 Å². The Labute approximate surface area is 195 Å². The lowest BCUT2D eigenvalue weighted by Crippen LogP contribution is -2.23. The van der Waals surface area contributed by atoms with E-state index in [1.807, 2.05) is 20.8 Å². The standard InChI is InChI=1S/C23H24N4O5S/c1-4-24-21(29)16-7-5-8-17(11-16)26-20(28)12-31-23(30)18-9-6-10-25-22(18)33-13-19-14(2)27-32-15(19)3/h5-11H,4,12-13H2,1-3H3,(H,24,29)(H,26,28). The molecule has 0 saturated heterocycles. The molecule has 0 saturated carbocycles. The highest BCUT2D eigenvalue weighted by Crippen LogP contribution is 2.27. The van der Waals surface area contributed by atoms with Crippen LogP contribution in [-0.4, -0.2) is 41.1 Å². The molecule has 2 amide bonds. The summed E-state index contributed by atoms with van der Waals surface area (Å²) in [5.74, 6) is -0.173. The summed E-state index contributed by atoms with van der Waals surface area (Å²) < 4.78 is 10.4. The van der Waals surface area contributed by atoms with Crippen molar-refractivity contribution in [3.63, 3.8) is 0 Å². The molecule has 0 bridgehead atoms. The van der Waals surface area contributed by atoms with Gasteiger partial charge in [-0.1, -0.05) is 11.2 Å². The van der Waals surface area contributed by atoms with Gasteiger partial charge < -0.3 is 19.9 Å². The van der Waals surface area contributed by atoms with E-state index in [0.29, 0.717) is 34.3 Å². The fourth-order valence-electron chi connectivity index (χ4n) is 2.92. The molecule has 2 heterocycles. The van der Waals surface area contributed by atoms with Crippen LogP contribution in [-0.2, 0) is 15.3 Å². The lowest BCUT2D eigenvalue weighted by molar-refractivity contribution is -0.119. The minimum absolute atomic E-state index is 0.238. The molecule has 0 aliphatic carbocycles. The summed E-state index contributed by atoms with van der Waals surface area (Å²) in [4.78, 5) is 41.1. The second-order valence-electron chi connectivity index (χ2n) is 7.01. The molecule has 3 aromatic rings. The number of anilines is 1. The van der Waals surface area contributed by atoms with Gasteiger partial charge >= 0.3 is 5.97 Å². The summed E-state index contributed by atoms with van der Waals surface area (Å²) >= 11 is 1.36. The van der Waals surface area contributed by atoms with Crippen LogP contribution in [0.25, 0.3) is 0 Å². The van der Waals surface area contributed by atoms with Gasteiger partial charge in [-0.15, -0.1) is 11.8 Å². The molecular weight excluding hydrogens is 444 g/mol. The van der Waals surface area contributed by atoms with E-state index in [4.69, 9.17) is 9.26 Å². The van der Waals surface area contributed by atoms with Crippen LogP contribution in [0.1, 0.15) is 44.7 Å². The molecule has 2 aromatic heterocycles. The van der Waals surface area contributed by atoms with E-state index in [0.717, 1.165) is 11.3 Å². The molecular formula is C23H24N4O5S. The van der Waals surface area contributed by atoms with Crippen molar-refractivity contribution in [3.05, 3.63) is 70.7 Å². The molecule has 0 atom stereocenters. The maximum atomic E-state index is 12.6. The van der Waals surface area contributed by atoms with Gasteiger partial charge in [0.15, 0.2) is 6.61 Å². The monoisotopic (exact) mass is 468 g/mol. The van der Waals surface area contributed by atoms with Crippen LogP contribution in [0.15, 0.2) is 52.1 Å². The number of benzene rings is 1. The summed E-state index contributed by atoms with van der Waals surface area (Å²) in [6.45, 7) is 5.52. The third kappa shape index (κ3) is 6.42. The number of nitrogens with zero attached hydrogens (tertiary/aromatic N) is 2. The molecule has 0 unspecified atom stereocenters. The van der Waals surface area contributed by atoms with Gasteiger partial charge in [-0.05, 0) is 51.1 Å². The second kappa shape index (κ2) is 11.3. The van der Waals surface area contributed by atoms with Crippen LogP contribution in [0.2, 0.25) is 0 Å². The van der Waals surface area contributed by atoms with Gasteiger partial charge in [-0.25, -0.2) is 9.78 Å². The molecule has 172 valence electrons. The number of aromatic nitrogens is 2. The summed E-state index contributed by atoms with van der Waals surface area (Å²) in [6, 6.07) is 9.72. The van der Waals surface area contributed by atoms with Crippen molar-refractivity contribution in [2.75, 3.05) is 18.5 Å². The van der Waals surface area contributed by atoms with Crippen LogP contribution in [0.3, 0.4) is 0 Å². The Hall–Kier alpha value is -3.66. The predicted octanol–water partition coefficient (Wildman–Crippen LogP) is 3.52. The first kappa shape index (κ1) is 24.0. The van der Waals surface area contributed by atoms with E-state index in [2.05, 4.69) is 20.8 Å². The average molecular weight is 469 g/mol. The molecule has 33 heavy (non-hydrogen) atoms. The number of ether oxygens (including phenoxy) is 1. The Morgan fingerprint density at radius 2 is 1.97 bits per heavy atom. The van der Waals surface area contributed by atoms with E-state index in [1.165, 1.54) is 11.8 Å². The number of carbonyl (C=O) groups excluding carboxylic acids is 3. The molecule has 3 rings (SSSR count). The van der Waals surface area contributed by atoms with Crippen molar-refractivity contribution in [3.8, 4) is 0 Å². The molecule has 9 nitrogen and oxygen atoms in total. The van der Waals surface area contributed by atoms with Gasteiger partial charge in [-0.3, -0.25) is 9.59 Å². The zero-order valence-corrected chi connectivity index (χ0v) is 19.3. The first-order valence-corrected chi connectivity index (χ1v) is 11.2. The fourth-order valence-corrected chi connectivity index (χ4v) is 4.05. The minimum atomic E-state index is -0.657. The Morgan fingerprint density at radius 3 is 2.70 bits per heavy atom. The van der Waals surface area contributed by atoms with Crippen LogP contribution >= 0.6 is 11.8 Å². The maximum absolute atomic E-state index is 12.6. The number of rotatable bonds is 9. The highest BCUT2D eigenvalue weighted by molar-refractivity contribution is 7.98. The van der Waals surface area contributed by atoms with Gasteiger partial charge in [0.05, 0.1) is 11.3 Å². The van der Waals surface area contributed by atoms with E-state index in [1.54, 1.807) is 42.6 Å². The zero-order valence-electron chi connectivity index (χ0n) is 18.5. The van der Waals surface area contributed by atoms with Gasteiger partial charge in [-0.2, -0.15) is 0 Å². The summed E-state index contributed by atoms with van der Waals surface area (Å²) in [7, 11) is 0. The summed E-state index contributed by atoms with van der Waals surface area (Å²) in [5.41, 5.74) is 2.84. The number of esters is 1. The van der Waals surface area contributed by atoms with Crippen LogP contribution < -0.4 is 10.6 Å². The van der Waals surface area contributed by atoms with Crippen molar-refractivity contribution in [1.29, 1.82) is 0 Å². The Bertz CT molecular complexity index is 1140. The van der Waals surface area contributed by atoms with Crippen molar-refractivity contribution >= 4 is 35.2 Å². The lowest BCUT2D eigenvalue weighted by Gasteiger charge is -2.10. The number of hydrogen-bond acceptors (Lipinski definition) is 8. The van der Waals surface area contributed by atoms with E-state index >= 15 is 0 Å². The summed E-state index contributed by atoms with van der Waals surface area (Å²) in [5, 5.41) is 9.73. The average Bonchev–Trinajstić information content (AvgIpc) is 3.13. The van der Waals surface area contributed by atoms with Crippen molar-refractivity contribution in [2.24, 2.45) is 0 Å². The molecule has 0 radical (unpaired) electrons. The normalized spacial score (nSPS) is 10.5. The number of amides is 2. The smallest absolute Gasteiger partial charge is 0.341 e. The number of nitrogens with one attached hydrogen (secondary N) is 2. The first-order valence-electron chi connectivity index (χ1n) is 10.2. The topological polar surface area (TPSA) is 123 Å². The molecule has 10 heteroatoms. The third-order valence-corrected chi connectivity index (χ3v) is 5.64. The van der Waals surface area contributed by atoms with Gasteiger partial charge in [0.1, 0.15) is 10.8 Å². The number of pyridine rings is 1. The molecule has 2 N–H and O–H groups in total. The minimum Gasteiger partial charge on any atom is -0.452 e. The summed E-state index contributed by atoms with van der Waals surface area (Å²) in [6.07, 6.45) is 1.58. The largest absolute Gasteiger partial charge is 0.452 e. The molecule has 0 fully saturated rings. The maximum Gasteiger partial charge on any atom is 0.341 e. The molecule has 0 aliphatic rings. The van der Waals surface area contributed by atoms with E-state index in [9.17, 15) is 14.4 Å². The number of thioether (sulfide) groups is 1. The quantitative estimate of drug-likeness (QED) is 0.361. The highest BCUT2D eigenvalue weighted by atomic mass is 32.2. The zero-order chi connectivity index (χ0) is 23.8. The van der Waals surface area contributed by atoms with Crippen molar-refractivity contribution < 1.29 is 23.6 Å². The Kier molecular flexibility index (Phi) is 8.20. The highest BCUT2D eigenvalue weighted by Gasteiger charge is 2.18. The van der Waals surface area contributed by atoms with Crippen molar-refractivity contribution in [1.82, 2.24) is 15.5 Å². The molecule has 0 aliphatic heterocycles. The van der Waals surface area contributed by atoms with Gasteiger partial charge in [0.2, 0.25) is 0 Å². The SMILES string of the molecule is CCNC(=O)c1cccc(NC(=O)COC(=O)c2cccnc2SCc2c(C)noc2C)c1. The predicted molar refractivity (Wildman–Crippen MR) is 123 cm³/mol. The Balaban J connectivity index is 1.58. The van der Waals surface area contributed by atoms with Crippen LogP contribution in [0.5, 0.6) is 0 Å². The fraction of sp³-hybridized carbons (Fsp3) is 0.261. The second-order valence-corrected chi connectivity index (χ2v) is 7.98. The first-order chi connectivity index (χ1) is 15.9. The number of aryl methyl sites for hydroxylation is 2. The van der Waals surface area contributed by atoms with Crippen LogP contribution in [0, 0.1) is 13.8 Å². The molecule has 1 aromatic carbocycles. The van der Waals surface area contributed by atoms with Gasteiger partial charge in [0, 0.05) is 35.3 Å². The van der Waals surface area contributed by atoms with E-state index < -0.39 is 18.5 Å². The molecule has 0 spiro atoms. The van der Waals surface area contributed by atoms with Gasteiger partial charge in [0.25, 0.3) is 11.8 Å². The lowest BCUT2D eigenvalue weighted by atomic mass is 10.2. The Morgan fingerprint density at radius 1 is 1.15 bits per heavy atom. The van der Waals surface area contributed by atoms with Crippen LogP contribution in [0.4, 0.5) is 5.69 Å². The third-order valence-electron chi connectivity index (χ3n) is 4.61.